The van der Waals surface area contributed by atoms with Crippen molar-refractivity contribution in [2.45, 2.75) is 25.8 Å². The zero-order valence-electron chi connectivity index (χ0n) is 9.26. The molecule has 0 N–H and O–H groups in total. The average molecular weight is 220 g/mol. The van der Waals surface area contributed by atoms with Gasteiger partial charge >= 0.3 is 0 Å². The Kier molecular flexibility index (Phi) is 3.39. The van der Waals surface area contributed by atoms with E-state index in [0.29, 0.717) is 12.1 Å². The van der Waals surface area contributed by atoms with Gasteiger partial charge in [-0.3, -0.25) is 9.59 Å². The molecule has 1 aromatic rings. The number of aldehydes is 1. The van der Waals surface area contributed by atoms with Crippen molar-refractivity contribution in [2.24, 2.45) is 0 Å². The average Bonchev–Trinajstić information content (AvgIpc) is 2.78. The van der Waals surface area contributed by atoms with Gasteiger partial charge < -0.3 is 9.47 Å². The monoisotopic (exact) mass is 220 g/mol. The second-order valence-corrected chi connectivity index (χ2v) is 4.18. The molecule has 0 bridgehead atoms. The Morgan fingerprint density at radius 3 is 2.69 bits per heavy atom. The van der Waals surface area contributed by atoms with Crippen LogP contribution in [0.2, 0.25) is 0 Å². The molecule has 0 atom stereocenters. The van der Waals surface area contributed by atoms with Gasteiger partial charge in [-0.25, -0.2) is 0 Å². The number of carbonyl (C=O) groups excluding carboxylic acids is 2. The van der Waals surface area contributed by atoms with Crippen molar-refractivity contribution < 1.29 is 9.59 Å². The molecule has 0 radical (unpaired) electrons. The Hall–Kier alpha value is -1.58. The minimum absolute atomic E-state index is 0.146. The number of aromatic nitrogens is 1. The molecule has 1 saturated heterocycles. The smallest absolute Gasteiger partial charge is 0.242 e. The van der Waals surface area contributed by atoms with Crippen LogP contribution in [0.4, 0.5) is 0 Å². The van der Waals surface area contributed by atoms with Crippen LogP contribution in [0.3, 0.4) is 0 Å². The fourth-order valence-electron chi connectivity index (χ4n) is 2.03. The van der Waals surface area contributed by atoms with Crippen LogP contribution in [0.5, 0.6) is 0 Å². The van der Waals surface area contributed by atoms with E-state index in [1.165, 1.54) is 6.42 Å². The largest absolute Gasteiger partial charge is 0.344 e. The van der Waals surface area contributed by atoms with Crippen molar-refractivity contribution in [3.63, 3.8) is 0 Å². The molecule has 1 fully saturated rings. The summed E-state index contributed by atoms with van der Waals surface area (Å²) in [5.74, 6) is 0.146. The van der Waals surface area contributed by atoms with E-state index in [9.17, 15) is 9.59 Å². The van der Waals surface area contributed by atoms with E-state index in [4.69, 9.17) is 0 Å². The maximum Gasteiger partial charge on any atom is 0.242 e. The maximum atomic E-state index is 11.9. The van der Waals surface area contributed by atoms with Crippen LogP contribution in [0, 0.1) is 0 Å². The summed E-state index contributed by atoms with van der Waals surface area (Å²) in [6.07, 6.45) is 7.71. The van der Waals surface area contributed by atoms with Crippen LogP contribution in [0.25, 0.3) is 0 Å². The Morgan fingerprint density at radius 2 is 2.06 bits per heavy atom. The third-order valence-electron chi connectivity index (χ3n) is 2.94. The van der Waals surface area contributed by atoms with Gasteiger partial charge in [0.2, 0.25) is 5.91 Å². The molecule has 2 heterocycles. The first kappa shape index (κ1) is 10.9. The van der Waals surface area contributed by atoms with Gasteiger partial charge in [0.1, 0.15) is 6.54 Å². The standard InChI is InChI=1S/C12H16N2O2/c15-10-11-4-7-13(8-11)9-12(16)14-5-2-1-3-6-14/h4,7-8,10H,1-3,5-6,9H2. The molecular formula is C12H16N2O2. The summed E-state index contributed by atoms with van der Waals surface area (Å²) in [5, 5.41) is 0. The van der Waals surface area contributed by atoms with Crippen LogP contribution >= 0.6 is 0 Å². The van der Waals surface area contributed by atoms with Crippen molar-refractivity contribution in [1.29, 1.82) is 0 Å². The lowest BCUT2D eigenvalue weighted by Crippen LogP contribution is -2.37. The zero-order chi connectivity index (χ0) is 11.4. The van der Waals surface area contributed by atoms with E-state index in [1.807, 2.05) is 4.90 Å². The Bertz CT molecular complexity index is 378. The lowest BCUT2D eigenvalue weighted by Gasteiger charge is -2.26. The minimum Gasteiger partial charge on any atom is -0.344 e. The number of rotatable bonds is 3. The van der Waals surface area contributed by atoms with Crippen molar-refractivity contribution >= 4 is 12.2 Å². The molecule has 0 spiro atoms. The summed E-state index contributed by atoms with van der Waals surface area (Å²) in [6.45, 7) is 2.09. The predicted octanol–water partition coefficient (Wildman–Crippen LogP) is 1.31. The lowest BCUT2D eigenvalue weighted by atomic mass is 10.1. The van der Waals surface area contributed by atoms with Gasteiger partial charge in [0, 0.05) is 31.0 Å². The van der Waals surface area contributed by atoms with Crippen LogP contribution in [-0.2, 0) is 11.3 Å². The van der Waals surface area contributed by atoms with Gasteiger partial charge in [0.15, 0.2) is 6.29 Å². The molecule has 0 aliphatic carbocycles. The highest BCUT2D eigenvalue weighted by Gasteiger charge is 2.16. The molecular weight excluding hydrogens is 204 g/mol. The van der Waals surface area contributed by atoms with Crippen molar-refractivity contribution in [3.8, 4) is 0 Å². The van der Waals surface area contributed by atoms with E-state index < -0.39 is 0 Å². The molecule has 0 unspecified atom stereocenters. The number of amides is 1. The maximum absolute atomic E-state index is 11.9. The van der Waals surface area contributed by atoms with Crippen molar-refractivity contribution in [2.75, 3.05) is 13.1 Å². The van der Waals surface area contributed by atoms with E-state index in [-0.39, 0.29) is 5.91 Å². The van der Waals surface area contributed by atoms with Gasteiger partial charge in [-0.1, -0.05) is 0 Å². The summed E-state index contributed by atoms with van der Waals surface area (Å²) in [6, 6.07) is 1.72. The minimum atomic E-state index is 0.146. The fourth-order valence-corrected chi connectivity index (χ4v) is 2.03. The van der Waals surface area contributed by atoms with Gasteiger partial charge in [0.25, 0.3) is 0 Å². The highest BCUT2D eigenvalue weighted by molar-refractivity contribution is 5.77. The lowest BCUT2D eigenvalue weighted by molar-refractivity contribution is -0.132. The Labute approximate surface area is 94.8 Å². The van der Waals surface area contributed by atoms with E-state index >= 15 is 0 Å². The summed E-state index contributed by atoms with van der Waals surface area (Å²) in [4.78, 5) is 24.3. The van der Waals surface area contributed by atoms with Gasteiger partial charge in [-0.05, 0) is 25.3 Å². The number of hydrogen-bond acceptors (Lipinski definition) is 2. The normalized spacial score (nSPS) is 16.1. The molecule has 1 aromatic heterocycles. The first-order valence-corrected chi connectivity index (χ1v) is 5.68. The molecule has 16 heavy (non-hydrogen) atoms. The molecule has 86 valence electrons. The fraction of sp³-hybridized carbons (Fsp3) is 0.500. The first-order valence-electron chi connectivity index (χ1n) is 5.68. The molecule has 4 heteroatoms. The third-order valence-corrected chi connectivity index (χ3v) is 2.94. The van der Waals surface area contributed by atoms with Crippen LogP contribution < -0.4 is 0 Å². The third kappa shape index (κ3) is 2.51. The summed E-state index contributed by atoms with van der Waals surface area (Å²) < 4.78 is 1.76. The quantitative estimate of drug-likeness (QED) is 0.721. The molecule has 0 saturated carbocycles. The molecule has 4 nitrogen and oxygen atoms in total. The Morgan fingerprint density at radius 1 is 1.31 bits per heavy atom. The molecule has 1 aliphatic heterocycles. The van der Waals surface area contributed by atoms with Crippen molar-refractivity contribution in [1.82, 2.24) is 9.47 Å². The Balaban J connectivity index is 1.92. The van der Waals surface area contributed by atoms with Gasteiger partial charge in [-0.2, -0.15) is 0 Å². The van der Waals surface area contributed by atoms with E-state index in [1.54, 1.807) is 23.0 Å². The van der Waals surface area contributed by atoms with Crippen molar-refractivity contribution in [3.05, 3.63) is 24.0 Å². The van der Waals surface area contributed by atoms with Crippen LogP contribution in [0.15, 0.2) is 18.5 Å². The summed E-state index contributed by atoms with van der Waals surface area (Å²) in [5.41, 5.74) is 0.617. The summed E-state index contributed by atoms with van der Waals surface area (Å²) >= 11 is 0. The van der Waals surface area contributed by atoms with Crippen LogP contribution in [0.1, 0.15) is 29.6 Å². The highest BCUT2D eigenvalue weighted by atomic mass is 16.2. The van der Waals surface area contributed by atoms with Crippen LogP contribution in [-0.4, -0.2) is 34.7 Å². The number of piperidine rings is 1. The van der Waals surface area contributed by atoms with Gasteiger partial charge in [0.05, 0.1) is 0 Å². The number of hydrogen-bond donors (Lipinski definition) is 0. The number of likely N-dealkylation sites (tertiary alicyclic amines) is 1. The molecule has 0 aromatic carbocycles. The second-order valence-electron chi connectivity index (χ2n) is 4.18. The van der Waals surface area contributed by atoms with E-state index in [0.717, 1.165) is 32.2 Å². The van der Waals surface area contributed by atoms with E-state index in [2.05, 4.69) is 0 Å². The topological polar surface area (TPSA) is 42.3 Å². The first-order chi connectivity index (χ1) is 7.79. The molecule has 1 amide bonds. The number of carbonyl (C=O) groups is 2. The number of nitrogens with zero attached hydrogens (tertiary/aromatic N) is 2. The molecule has 2 rings (SSSR count). The predicted molar refractivity (Wildman–Crippen MR) is 60.3 cm³/mol. The second kappa shape index (κ2) is 4.96. The summed E-state index contributed by atoms with van der Waals surface area (Å²) in [7, 11) is 0. The zero-order valence-corrected chi connectivity index (χ0v) is 9.26. The molecule has 1 aliphatic rings. The SMILES string of the molecule is O=Cc1ccn(CC(=O)N2CCCCC2)c1. The van der Waals surface area contributed by atoms with Gasteiger partial charge in [-0.15, -0.1) is 0 Å². The highest BCUT2D eigenvalue weighted by Crippen LogP contribution is 2.09.